The predicted molar refractivity (Wildman–Crippen MR) is 75.1 cm³/mol. The highest BCUT2D eigenvalue weighted by Crippen LogP contribution is 2.34. The average molecular weight is 292 g/mol. The van der Waals surface area contributed by atoms with Gasteiger partial charge in [-0.3, -0.25) is 10.1 Å². The fraction of sp³-hybridized carbons (Fsp3) is 0.308. The first kappa shape index (κ1) is 14.8. The lowest BCUT2D eigenvalue weighted by atomic mass is 10.1. The number of nitrogens with zero attached hydrogens (tertiary/aromatic N) is 3. The maximum absolute atomic E-state index is 11.1. The van der Waals surface area contributed by atoms with Crippen LogP contribution in [0.1, 0.15) is 11.4 Å². The standard InChI is InChI=1S/C13H16N4O4/c1-16-4-3-15-13(16)8-21-12-6-10(17(18)19)9(7-14)5-11(12)20-2/h3-6H,7-8,14H2,1-2H3. The summed E-state index contributed by atoms with van der Waals surface area (Å²) in [6.45, 7) is 0.227. The van der Waals surface area contributed by atoms with E-state index < -0.39 is 4.92 Å². The molecule has 0 amide bonds. The SMILES string of the molecule is COc1cc(CN)c([N+](=O)[O-])cc1OCc1nccn1C. The van der Waals surface area contributed by atoms with Crippen molar-refractivity contribution in [2.45, 2.75) is 13.2 Å². The van der Waals surface area contributed by atoms with Crippen molar-refractivity contribution in [3.05, 3.63) is 46.0 Å². The molecule has 0 bridgehead atoms. The zero-order valence-corrected chi connectivity index (χ0v) is 11.8. The number of nitro groups is 1. The molecule has 0 unspecified atom stereocenters. The van der Waals surface area contributed by atoms with Crippen molar-refractivity contribution in [1.29, 1.82) is 0 Å². The van der Waals surface area contributed by atoms with Gasteiger partial charge in [0, 0.05) is 31.5 Å². The molecule has 0 fully saturated rings. The maximum Gasteiger partial charge on any atom is 0.277 e. The van der Waals surface area contributed by atoms with Crippen LogP contribution in [0.2, 0.25) is 0 Å². The van der Waals surface area contributed by atoms with E-state index in [1.54, 1.807) is 17.0 Å². The Balaban J connectivity index is 2.31. The molecule has 0 saturated heterocycles. The van der Waals surface area contributed by atoms with Crippen LogP contribution in [-0.4, -0.2) is 21.6 Å². The molecular formula is C13H16N4O4. The third-order valence-corrected chi connectivity index (χ3v) is 3.06. The van der Waals surface area contributed by atoms with E-state index in [2.05, 4.69) is 4.98 Å². The van der Waals surface area contributed by atoms with Crippen LogP contribution in [0, 0.1) is 10.1 Å². The van der Waals surface area contributed by atoms with Crippen LogP contribution in [0.25, 0.3) is 0 Å². The van der Waals surface area contributed by atoms with Crippen molar-refractivity contribution in [1.82, 2.24) is 9.55 Å². The summed E-state index contributed by atoms with van der Waals surface area (Å²) in [5.74, 6) is 1.38. The van der Waals surface area contributed by atoms with Crippen molar-refractivity contribution in [3.63, 3.8) is 0 Å². The van der Waals surface area contributed by atoms with Crippen molar-refractivity contribution < 1.29 is 14.4 Å². The molecule has 0 saturated carbocycles. The number of methoxy groups -OCH3 is 1. The van der Waals surface area contributed by atoms with E-state index in [1.165, 1.54) is 19.2 Å². The van der Waals surface area contributed by atoms with Gasteiger partial charge in [-0.2, -0.15) is 0 Å². The maximum atomic E-state index is 11.1. The van der Waals surface area contributed by atoms with Gasteiger partial charge >= 0.3 is 0 Å². The van der Waals surface area contributed by atoms with Crippen LogP contribution in [0.3, 0.4) is 0 Å². The van der Waals surface area contributed by atoms with Crippen LogP contribution in [-0.2, 0) is 20.2 Å². The molecular weight excluding hydrogens is 276 g/mol. The molecule has 0 aliphatic heterocycles. The Bertz CT molecular complexity index is 654. The number of nitrogens with two attached hydrogens (primary N) is 1. The van der Waals surface area contributed by atoms with E-state index in [0.29, 0.717) is 17.1 Å². The Kier molecular flexibility index (Phi) is 4.39. The van der Waals surface area contributed by atoms with Crippen molar-refractivity contribution in [3.8, 4) is 11.5 Å². The second kappa shape index (κ2) is 6.23. The summed E-state index contributed by atoms with van der Waals surface area (Å²) in [6.07, 6.45) is 3.44. The Hall–Kier alpha value is -2.61. The van der Waals surface area contributed by atoms with Gasteiger partial charge in [-0.1, -0.05) is 0 Å². The summed E-state index contributed by atoms with van der Waals surface area (Å²) < 4.78 is 12.6. The van der Waals surface area contributed by atoms with Gasteiger partial charge in [0.15, 0.2) is 11.5 Å². The molecule has 1 aromatic carbocycles. The van der Waals surface area contributed by atoms with Crippen LogP contribution in [0.4, 0.5) is 5.69 Å². The summed E-state index contributed by atoms with van der Waals surface area (Å²) in [7, 11) is 3.30. The molecule has 8 heteroatoms. The number of nitro benzene ring substituents is 1. The highest BCUT2D eigenvalue weighted by molar-refractivity contribution is 5.54. The molecule has 0 aliphatic rings. The number of rotatable bonds is 6. The molecule has 21 heavy (non-hydrogen) atoms. The van der Waals surface area contributed by atoms with E-state index in [-0.39, 0.29) is 24.6 Å². The van der Waals surface area contributed by atoms with Crippen molar-refractivity contribution in [2.24, 2.45) is 12.8 Å². The predicted octanol–water partition coefficient (Wildman–Crippen LogP) is 1.37. The molecule has 0 aliphatic carbocycles. The first-order valence-electron chi connectivity index (χ1n) is 6.21. The topological polar surface area (TPSA) is 105 Å². The summed E-state index contributed by atoms with van der Waals surface area (Å²) in [5, 5.41) is 11.1. The van der Waals surface area contributed by atoms with E-state index in [1.807, 2.05) is 7.05 Å². The zero-order valence-electron chi connectivity index (χ0n) is 11.8. The van der Waals surface area contributed by atoms with Gasteiger partial charge in [0.05, 0.1) is 18.1 Å². The molecule has 2 aromatic rings. The monoisotopic (exact) mass is 292 g/mol. The van der Waals surface area contributed by atoms with Crippen LogP contribution >= 0.6 is 0 Å². The van der Waals surface area contributed by atoms with E-state index >= 15 is 0 Å². The normalized spacial score (nSPS) is 10.4. The summed E-state index contributed by atoms with van der Waals surface area (Å²) in [5.41, 5.74) is 5.82. The minimum Gasteiger partial charge on any atom is -0.493 e. The van der Waals surface area contributed by atoms with Crippen LogP contribution in [0.15, 0.2) is 24.5 Å². The van der Waals surface area contributed by atoms with E-state index in [9.17, 15) is 10.1 Å². The number of imidazole rings is 1. The van der Waals surface area contributed by atoms with Gasteiger partial charge in [-0.05, 0) is 6.07 Å². The Labute approximate surface area is 121 Å². The Morgan fingerprint density at radius 1 is 1.43 bits per heavy atom. The smallest absolute Gasteiger partial charge is 0.277 e. The van der Waals surface area contributed by atoms with Gasteiger partial charge in [0.2, 0.25) is 0 Å². The lowest BCUT2D eigenvalue weighted by Gasteiger charge is -2.12. The van der Waals surface area contributed by atoms with Gasteiger partial charge in [-0.15, -0.1) is 0 Å². The number of aryl methyl sites for hydroxylation is 1. The molecule has 1 heterocycles. The highest BCUT2D eigenvalue weighted by atomic mass is 16.6. The molecule has 0 radical (unpaired) electrons. The summed E-state index contributed by atoms with van der Waals surface area (Å²) in [6, 6.07) is 2.84. The highest BCUT2D eigenvalue weighted by Gasteiger charge is 2.19. The Morgan fingerprint density at radius 3 is 2.71 bits per heavy atom. The van der Waals surface area contributed by atoms with E-state index in [0.717, 1.165) is 0 Å². The van der Waals surface area contributed by atoms with Gasteiger partial charge in [0.1, 0.15) is 12.4 Å². The number of aromatic nitrogens is 2. The summed E-state index contributed by atoms with van der Waals surface area (Å²) >= 11 is 0. The first-order valence-corrected chi connectivity index (χ1v) is 6.21. The largest absolute Gasteiger partial charge is 0.493 e. The Morgan fingerprint density at radius 2 is 2.19 bits per heavy atom. The quantitative estimate of drug-likeness (QED) is 0.636. The molecule has 0 atom stereocenters. The minimum absolute atomic E-state index is 0.0479. The molecule has 1 aromatic heterocycles. The molecule has 112 valence electrons. The fourth-order valence-corrected chi connectivity index (χ4v) is 1.87. The molecule has 2 N–H and O–H groups in total. The summed E-state index contributed by atoms with van der Waals surface area (Å²) in [4.78, 5) is 14.7. The second-order valence-electron chi connectivity index (χ2n) is 4.34. The lowest BCUT2D eigenvalue weighted by molar-refractivity contribution is -0.385. The zero-order chi connectivity index (χ0) is 15.4. The lowest BCUT2D eigenvalue weighted by Crippen LogP contribution is -2.06. The molecule has 8 nitrogen and oxygen atoms in total. The number of hydrogen-bond acceptors (Lipinski definition) is 6. The number of hydrogen-bond donors (Lipinski definition) is 1. The van der Waals surface area contributed by atoms with E-state index in [4.69, 9.17) is 15.2 Å². The van der Waals surface area contributed by atoms with Crippen molar-refractivity contribution >= 4 is 5.69 Å². The third-order valence-electron chi connectivity index (χ3n) is 3.06. The molecule has 2 rings (SSSR count). The van der Waals surface area contributed by atoms with Gasteiger partial charge in [-0.25, -0.2) is 4.98 Å². The average Bonchev–Trinajstić information content (AvgIpc) is 2.89. The minimum atomic E-state index is -0.491. The number of benzene rings is 1. The van der Waals surface area contributed by atoms with Crippen molar-refractivity contribution in [2.75, 3.05) is 7.11 Å². The fourth-order valence-electron chi connectivity index (χ4n) is 1.87. The second-order valence-corrected chi connectivity index (χ2v) is 4.34. The third kappa shape index (κ3) is 3.11. The van der Waals surface area contributed by atoms with Crippen LogP contribution < -0.4 is 15.2 Å². The van der Waals surface area contributed by atoms with Crippen LogP contribution in [0.5, 0.6) is 11.5 Å². The molecule has 0 spiro atoms. The first-order chi connectivity index (χ1) is 10.1. The van der Waals surface area contributed by atoms with Gasteiger partial charge in [0.25, 0.3) is 5.69 Å². The van der Waals surface area contributed by atoms with Gasteiger partial charge < -0.3 is 19.8 Å². The number of ether oxygens (including phenoxy) is 2.